The molecule has 0 saturated heterocycles. The molecule has 152 valence electrons. The van der Waals surface area contributed by atoms with Gasteiger partial charge in [-0.05, 0) is 54.2 Å². The number of aromatic nitrogens is 3. The summed E-state index contributed by atoms with van der Waals surface area (Å²) in [6.07, 6.45) is -0.731. The van der Waals surface area contributed by atoms with Gasteiger partial charge < -0.3 is 5.32 Å². The molecule has 0 spiro atoms. The molecule has 0 saturated carbocycles. The number of rotatable bonds is 4. The van der Waals surface area contributed by atoms with Crippen LogP contribution in [0.25, 0.3) is 11.1 Å². The van der Waals surface area contributed by atoms with Crippen molar-refractivity contribution in [1.82, 2.24) is 15.0 Å². The largest absolute Gasteiger partial charge is 0.433 e. The molecule has 2 heterocycles. The van der Waals surface area contributed by atoms with Crippen LogP contribution in [0.3, 0.4) is 0 Å². The van der Waals surface area contributed by atoms with Gasteiger partial charge in [0.1, 0.15) is 5.69 Å². The second kappa shape index (κ2) is 7.81. The van der Waals surface area contributed by atoms with Crippen LogP contribution >= 0.6 is 0 Å². The highest BCUT2D eigenvalue weighted by molar-refractivity contribution is 5.70. The van der Waals surface area contributed by atoms with Gasteiger partial charge in [-0.15, -0.1) is 0 Å². The monoisotopic (exact) mass is 400 g/mol. The summed E-state index contributed by atoms with van der Waals surface area (Å²) in [7, 11) is 0. The molecule has 3 aromatic rings. The number of benzene rings is 1. The van der Waals surface area contributed by atoms with Crippen LogP contribution in [0.15, 0.2) is 48.8 Å². The molecule has 0 aliphatic rings. The standard InChI is InChI=1S/C22H23F3N4/c1-14-9-16(15-5-6-17(27-13-15)12-21(2,3)4)11-18(10-14)28-20-26-8-7-19(29-20)22(23,24)25/h5-11,13H,12H2,1-4H3,(H,26,28,29). The van der Waals surface area contributed by atoms with Gasteiger partial charge in [-0.1, -0.05) is 32.9 Å². The number of hydrogen-bond acceptors (Lipinski definition) is 4. The van der Waals surface area contributed by atoms with Crippen molar-refractivity contribution in [2.45, 2.75) is 40.3 Å². The highest BCUT2D eigenvalue weighted by Crippen LogP contribution is 2.29. The first-order chi connectivity index (χ1) is 13.5. The number of hydrogen-bond donors (Lipinski definition) is 1. The van der Waals surface area contributed by atoms with Crippen molar-refractivity contribution >= 4 is 11.6 Å². The van der Waals surface area contributed by atoms with Gasteiger partial charge in [0.25, 0.3) is 0 Å². The number of halogens is 3. The lowest BCUT2D eigenvalue weighted by molar-refractivity contribution is -0.141. The molecule has 0 atom stereocenters. The van der Waals surface area contributed by atoms with Gasteiger partial charge in [0.15, 0.2) is 0 Å². The molecule has 1 aromatic carbocycles. The molecule has 29 heavy (non-hydrogen) atoms. The molecule has 0 fully saturated rings. The quantitative estimate of drug-likeness (QED) is 0.567. The van der Waals surface area contributed by atoms with E-state index in [9.17, 15) is 13.2 Å². The van der Waals surface area contributed by atoms with E-state index in [1.807, 2.05) is 43.5 Å². The topological polar surface area (TPSA) is 50.7 Å². The van der Waals surface area contributed by atoms with E-state index in [0.29, 0.717) is 5.69 Å². The Morgan fingerprint density at radius 2 is 1.69 bits per heavy atom. The third-order valence-corrected chi connectivity index (χ3v) is 4.15. The Morgan fingerprint density at radius 1 is 0.931 bits per heavy atom. The van der Waals surface area contributed by atoms with Gasteiger partial charge in [-0.3, -0.25) is 4.98 Å². The van der Waals surface area contributed by atoms with Gasteiger partial charge in [-0.2, -0.15) is 13.2 Å². The van der Waals surface area contributed by atoms with E-state index in [1.54, 1.807) is 0 Å². The summed E-state index contributed by atoms with van der Waals surface area (Å²) < 4.78 is 38.6. The van der Waals surface area contributed by atoms with Gasteiger partial charge in [0.2, 0.25) is 5.95 Å². The second-order valence-corrected chi connectivity index (χ2v) is 8.25. The van der Waals surface area contributed by atoms with Gasteiger partial charge >= 0.3 is 6.18 Å². The van der Waals surface area contributed by atoms with E-state index >= 15 is 0 Å². The number of pyridine rings is 1. The highest BCUT2D eigenvalue weighted by Gasteiger charge is 2.32. The normalized spacial score (nSPS) is 12.1. The Morgan fingerprint density at radius 3 is 2.31 bits per heavy atom. The predicted octanol–water partition coefficient (Wildman–Crippen LogP) is 6.20. The first kappa shape index (κ1) is 20.8. The molecule has 0 unspecified atom stereocenters. The van der Waals surface area contributed by atoms with Crippen molar-refractivity contribution in [3.63, 3.8) is 0 Å². The van der Waals surface area contributed by atoms with Crippen molar-refractivity contribution in [3.8, 4) is 11.1 Å². The lowest BCUT2D eigenvalue weighted by Gasteiger charge is -2.17. The smallest absolute Gasteiger partial charge is 0.324 e. The first-order valence-corrected chi connectivity index (χ1v) is 9.24. The molecule has 3 rings (SSSR count). The van der Waals surface area contributed by atoms with Crippen LogP contribution in [-0.2, 0) is 12.6 Å². The zero-order valence-corrected chi connectivity index (χ0v) is 16.8. The summed E-state index contributed by atoms with van der Waals surface area (Å²) >= 11 is 0. The minimum atomic E-state index is -4.52. The molecule has 0 aliphatic heterocycles. The summed E-state index contributed by atoms with van der Waals surface area (Å²) in [6.45, 7) is 8.41. The summed E-state index contributed by atoms with van der Waals surface area (Å²) in [6, 6.07) is 10.5. The lowest BCUT2D eigenvalue weighted by Crippen LogP contribution is -2.10. The predicted molar refractivity (Wildman–Crippen MR) is 108 cm³/mol. The fourth-order valence-corrected chi connectivity index (χ4v) is 2.97. The molecule has 2 aromatic heterocycles. The SMILES string of the molecule is Cc1cc(Nc2nccc(C(F)(F)F)n2)cc(-c2ccc(CC(C)(C)C)nc2)c1. The van der Waals surface area contributed by atoms with Gasteiger partial charge in [0.05, 0.1) is 0 Å². The molecule has 7 heteroatoms. The number of nitrogens with one attached hydrogen (secondary N) is 1. The second-order valence-electron chi connectivity index (χ2n) is 8.25. The van der Waals surface area contributed by atoms with Gasteiger partial charge in [-0.25, -0.2) is 9.97 Å². The van der Waals surface area contributed by atoms with Crippen molar-refractivity contribution in [2.75, 3.05) is 5.32 Å². The Bertz CT molecular complexity index is 990. The summed E-state index contributed by atoms with van der Waals surface area (Å²) in [5.41, 5.74) is 3.59. The Labute approximate surface area is 168 Å². The number of aryl methyl sites for hydroxylation is 1. The molecule has 0 radical (unpaired) electrons. The average molecular weight is 400 g/mol. The van der Waals surface area contributed by atoms with E-state index in [2.05, 4.69) is 41.0 Å². The maximum Gasteiger partial charge on any atom is 0.433 e. The summed E-state index contributed by atoms with van der Waals surface area (Å²) in [5, 5.41) is 2.87. The number of alkyl halides is 3. The van der Waals surface area contributed by atoms with Crippen molar-refractivity contribution in [3.05, 3.63) is 65.7 Å². The molecule has 0 bridgehead atoms. The average Bonchev–Trinajstić information content (AvgIpc) is 2.60. The number of nitrogens with zero attached hydrogens (tertiary/aromatic N) is 3. The maximum atomic E-state index is 12.9. The van der Waals surface area contributed by atoms with E-state index in [4.69, 9.17) is 0 Å². The molecular weight excluding hydrogens is 377 g/mol. The summed E-state index contributed by atoms with van der Waals surface area (Å²) in [5.74, 6) is -0.102. The molecule has 1 N–H and O–H groups in total. The van der Waals surface area contributed by atoms with Crippen LogP contribution in [0.2, 0.25) is 0 Å². The Hall–Kier alpha value is -2.96. The number of anilines is 2. The first-order valence-electron chi connectivity index (χ1n) is 9.24. The third kappa shape index (κ3) is 5.76. The van der Waals surface area contributed by atoms with Crippen LogP contribution in [0.1, 0.15) is 37.7 Å². The lowest BCUT2D eigenvalue weighted by atomic mass is 9.90. The van der Waals surface area contributed by atoms with E-state index < -0.39 is 11.9 Å². The van der Waals surface area contributed by atoms with Crippen LogP contribution in [0, 0.1) is 12.3 Å². The van der Waals surface area contributed by atoms with Crippen molar-refractivity contribution < 1.29 is 13.2 Å². The Kier molecular flexibility index (Phi) is 5.59. The molecule has 4 nitrogen and oxygen atoms in total. The van der Waals surface area contributed by atoms with Gasteiger partial charge in [0, 0.05) is 29.3 Å². The van der Waals surface area contributed by atoms with Crippen LogP contribution < -0.4 is 5.32 Å². The van der Waals surface area contributed by atoms with Crippen LogP contribution in [-0.4, -0.2) is 15.0 Å². The maximum absolute atomic E-state index is 12.9. The van der Waals surface area contributed by atoms with Crippen LogP contribution in [0.4, 0.5) is 24.8 Å². The minimum Gasteiger partial charge on any atom is -0.324 e. The Balaban J connectivity index is 1.85. The summed E-state index contributed by atoms with van der Waals surface area (Å²) in [4.78, 5) is 12.0. The van der Waals surface area contributed by atoms with E-state index in [0.717, 1.165) is 41.1 Å². The fraction of sp³-hybridized carbons (Fsp3) is 0.318. The van der Waals surface area contributed by atoms with Crippen LogP contribution in [0.5, 0.6) is 0 Å². The molecule has 0 amide bonds. The third-order valence-electron chi connectivity index (χ3n) is 4.15. The van der Waals surface area contributed by atoms with Crippen molar-refractivity contribution in [2.24, 2.45) is 5.41 Å². The molecular formula is C22H23F3N4. The van der Waals surface area contributed by atoms with E-state index in [1.165, 1.54) is 0 Å². The van der Waals surface area contributed by atoms with E-state index in [-0.39, 0.29) is 11.4 Å². The zero-order valence-electron chi connectivity index (χ0n) is 16.8. The molecule has 0 aliphatic carbocycles. The minimum absolute atomic E-state index is 0.102. The zero-order chi connectivity index (χ0) is 21.2. The van der Waals surface area contributed by atoms with Crippen molar-refractivity contribution in [1.29, 1.82) is 0 Å². The fourth-order valence-electron chi connectivity index (χ4n) is 2.97. The highest BCUT2D eigenvalue weighted by atomic mass is 19.4.